The Labute approximate surface area is 58.3 Å². The van der Waals surface area contributed by atoms with Crippen molar-refractivity contribution in [3.05, 3.63) is 25.3 Å². The Kier molecular flexibility index (Phi) is 3.29. The highest BCUT2D eigenvalue weighted by molar-refractivity contribution is 5.02. The summed E-state index contributed by atoms with van der Waals surface area (Å²) < 4.78 is 0. The Bertz CT molecular complexity index is 92.6. The smallest absolute Gasteiger partial charge is 0.00272 e. The van der Waals surface area contributed by atoms with Crippen molar-refractivity contribution in [1.29, 1.82) is 0 Å². The number of rotatable bonds is 4. The minimum atomic E-state index is 0.161. The Hall–Kier alpha value is -0.520. The van der Waals surface area contributed by atoms with Gasteiger partial charge in [-0.05, 0) is 6.42 Å². The van der Waals surface area contributed by atoms with Crippen molar-refractivity contribution in [3.63, 3.8) is 0 Å². The highest BCUT2D eigenvalue weighted by Gasteiger charge is 2.12. The van der Waals surface area contributed by atoms with Crippen molar-refractivity contribution in [2.45, 2.75) is 26.7 Å². The zero-order valence-corrected chi connectivity index (χ0v) is 6.48. The van der Waals surface area contributed by atoms with Gasteiger partial charge in [0.15, 0.2) is 0 Å². The van der Waals surface area contributed by atoms with Crippen LogP contribution in [0.1, 0.15) is 26.7 Å². The van der Waals surface area contributed by atoms with Crippen LogP contribution in [0.25, 0.3) is 0 Å². The molecule has 0 aromatic carbocycles. The van der Waals surface area contributed by atoms with Gasteiger partial charge in [-0.15, -0.1) is 13.2 Å². The zero-order valence-electron chi connectivity index (χ0n) is 6.48. The van der Waals surface area contributed by atoms with E-state index in [0.717, 1.165) is 6.42 Å². The minimum absolute atomic E-state index is 0.161. The molecule has 0 saturated carbocycles. The summed E-state index contributed by atoms with van der Waals surface area (Å²) in [7, 11) is 0. The molecule has 0 amide bonds. The standard InChI is InChI=1S/C9H16/c1-5-8-9(4,6-2)7-3/h6-7H,2-3,5,8H2,1,4H3. The molecule has 0 fully saturated rings. The van der Waals surface area contributed by atoms with Crippen LogP contribution in [0, 0.1) is 5.41 Å². The molecular formula is C9H16. The third kappa shape index (κ3) is 2.50. The van der Waals surface area contributed by atoms with Crippen molar-refractivity contribution >= 4 is 0 Å². The average molecular weight is 124 g/mol. The van der Waals surface area contributed by atoms with Crippen LogP contribution >= 0.6 is 0 Å². The van der Waals surface area contributed by atoms with Crippen LogP contribution in [-0.4, -0.2) is 0 Å². The number of hydrogen-bond acceptors (Lipinski definition) is 0. The molecule has 0 unspecified atom stereocenters. The van der Waals surface area contributed by atoms with Gasteiger partial charge >= 0.3 is 0 Å². The first-order valence-corrected chi connectivity index (χ1v) is 3.45. The van der Waals surface area contributed by atoms with E-state index >= 15 is 0 Å². The molecule has 52 valence electrons. The zero-order chi connectivity index (χ0) is 7.33. The molecule has 9 heavy (non-hydrogen) atoms. The van der Waals surface area contributed by atoms with Crippen LogP contribution in [0.15, 0.2) is 25.3 Å². The summed E-state index contributed by atoms with van der Waals surface area (Å²) in [5.41, 5.74) is 0.161. The Morgan fingerprint density at radius 3 is 1.89 bits per heavy atom. The van der Waals surface area contributed by atoms with Crippen LogP contribution in [0.5, 0.6) is 0 Å². The van der Waals surface area contributed by atoms with Gasteiger partial charge in [-0.25, -0.2) is 0 Å². The van der Waals surface area contributed by atoms with Gasteiger partial charge in [-0.3, -0.25) is 0 Å². The van der Waals surface area contributed by atoms with Crippen LogP contribution in [0.3, 0.4) is 0 Å². The lowest BCUT2D eigenvalue weighted by Gasteiger charge is -2.19. The van der Waals surface area contributed by atoms with E-state index in [2.05, 4.69) is 27.0 Å². The van der Waals surface area contributed by atoms with Gasteiger partial charge < -0.3 is 0 Å². The highest BCUT2D eigenvalue weighted by atomic mass is 14.2. The molecule has 0 atom stereocenters. The average Bonchev–Trinajstić information content (AvgIpc) is 1.89. The SMILES string of the molecule is C=CC(C)(C=C)CCC. The van der Waals surface area contributed by atoms with E-state index in [1.165, 1.54) is 6.42 Å². The summed E-state index contributed by atoms with van der Waals surface area (Å²) in [6.07, 6.45) is 6.27. The molecular weight excluding hydrogens is 108 g/mol. The van der Waals surface area contributed by atoms with Gasteiger partial charge in [0.1, 0.15) is 0 Å². The van der Waals surface area contributed by atoms with Crippen molar-refractivity contribution in [2.24, 2.45) is 5.41 Å². The van der Waals surface area contributed by atoms with E-state index in [1.54, 1.807) is 0 Å². The molecule has 0 rings (SSSR count). The van der Waals surface area contributed by atoms with Gasteiger partial charge in [0, 0.05) is 5.41 Å². The van der Waals surface area contributed by atoms with E-state index in [4.69, 9.17) is 0 Å². The van der Waals surface area contributed by atoms with Crippen molar-refractivity contribution < 1.29 is 0 Å². The second-order valence-electron chi connectivity index (χ2n) is 2.66. The molecule has 0 radical (unpaired) electrons. The van der Waals surface area contributed by atoms with E-state index in [1.807, 2.05) is 12.2 Å². The van der Waals surface area contributed by atoms with Gasteiger partial charge in [-0.1, -0.05) is 32.4 Å². The van der Waals surface area contributed by atoms with Gasteiger partial charge in [0.05, 0.1) is 0 Å². The van der Waals surface area contributed by atoms with Crippen molar-refractivity contribution in [2.75, 3.05) is 0 Å². The van der Waals surface area contributed by atoms with E-state index in [9.17, 15) is 0 Å². The van der Waals surface area contributed by atoms with E-state index in [-0.39, 0.29) is 5.41 Å². The minimum Gasteiger partial charge on any atom is -0.102 e. The van der Waals surface area contributed by atoms with Gasteiger partial charge in [0.25, 0.3) is 0 Å². The quantitative estimate of drug-likeness (QED) is 0.505. The fraction of sp³-hybridized carbons (Fsp3) is 0.556. The van der Waals surface area contributed by atoms with E-state index < -0.39 is 0 Å². The predicted octanol–water partition coefficient (Wildman–Crippen LogP) is 3.16. The fourth-order valence-electron chi connectivity index (χ4n) is 0.826. The second-order valence-corrected chi connectivity index (χ2v) is 2.66. The summed E-state index contributed by atoms with van der Waals surface area (Å²) >= 11 is 0. The summed E-state index contributed by atoms with van der Waals surface area (Å²) in [6.45, 7) is 11.8. The van der Waals surface area contributed by atoms with E-state index in [0.29, 0.717) is 0 Å². The first kappa shape index (κ1) is 8.48. The molecule has 0 aliphatic carbocycles. The summed E-state index contributed by atoms with van der Waals surface area (Å²) in [5, 5.41) is 0. The molecule has 0 nitrogen and oxygen atoms in total. The molecule has 0 aromatic heterocycles. The first-order valence-electron chi connectivity index (χ1n) is 3.45. The van der Waals surface area contributed by atoms with Crippen LogP contribution in [0.2, 0.25) is 0 Å². The molecule has 0 aliphatic heterocycles. The van der Waals surface area contributed by atoms with Crippen LogP contribution in [-0.2, 0) is 0 Å². The van der Waals surface area contributed by atoms with Crippen LogP contribution < -0.4 is 0 Å². The van der Waals surface area contributed by atoms with Crippen LogP contribution in [0.4, 0.5) is 0 Å². The summed E-state index contributed by atoms with van der Waals surface area (Å²) in [5.74, 6) is 0. The first-order chi connectivity index (χ1) is 4.18. The third-order valence-corrected chi connectivity index (χ3v) is 1.72. The van der Waals surface area contributed by atoms with Gasteiger partial charge in [0.2, 0.25) is 0 Å². The number of allylic oxidation sites excluding steroid dienone is 2. The lowest BCUT2D eigenvalue weighted by molar-refractivity contribution is 0.494. The maximum atomic E-state index is 3.75. The topological polar surface area (TPSA) is 0 Å². The van der Waals surface area contributed by atoms with Gasteiger partial charge in [-0.2, -0.15) is 0 Å². The molecule has 0 spiro atoms. The lowest BCUT2D eigenvalue weighted by Crippen LogP contribution is -2.06. The largest absolute Gasteiger partial charge is 0.102 e. The third-order valence-electron chi connectivity index (χ3n) is 1.72. The highest BCUT2D eigenvalue weighted by Crippen LogP contribution is 2.24. The maximum Gasteiger partial charge on any atom is 0.00272 e. The molecule has 0 heteroatoms. The predicted molar refractivity (Wildman–Crippen MR) is 43.4 cm³/mol. The molecule has 0 heterocycles. The molecule has 0 bridgehead atoms. The number of hydrogen-bond donors (Lipinski definition) is 0. The van der Waals surface area contributed by atoms with Crippen molar-refractivity contribution in [1.82, 2.24) is 0 Å². The Morgan fingerprint density at radius 2 is 1.78 bits per heavy atom. The summed E-state index contributed by atoms with van der Waals surface area (Å²) in [4.78, 5) is 0. The molecule has 0 aromatic rings. The second kappa shape index (κ2) is 3.49. The normalized spacial score (nSPS) is 10.9. The Balaban J connectivity index is 3.91. The molecule has 0 aliphatic rings. The fourth-order valence-corrected chi connectivity index (χ4v) is 0.826. The molecule has 0 saturated heterocycles. The Morgan fingerprint density at radius 1 is 1.33 bits per heavy atom. The summed E-state index contributed by atoms with van der Waals surface area (Å²) in [6, 6.07) is 0. The monoisotopic (exact) mass is 124 g/mol. The lowest BCUT2D eigenvalue weighted by atomic mass is 9.86. The van der Waals surface area contributed by atoms with Crippen molar-refractivity contribution in [3.8, 4) is 0 Å². The maximum absolute atomic E-state index is 3.75. The molecule has 0 N–H and O–H groups in total.